The predicted molar refractivity (Wildman–Crippen MR) is 274 cm³/mol. The molecule has 294 valence electrons. The zero-order valence-corrected chi connectivity index (χ0v) is 39.3. The summed E-state index contributed by atoms with van der Waals surface area (Å²) >= 11 is 4.88. The largest absolute Gasteiger partial charge is 0.102 e. The SMILES string of the molecule is [Ag][I].c1ccc([PH+](c2ccccc2)c2ccccc2)cc1.c1ccc([PH+](c2ccccc2)c2ccccc2)cc1.c1ccc([PH+](c2ccccc2)c2ccccc2)cc1. The van der Waals surface area contributed by atoms with Crippen molar-refractivity contribution < 1.29 is 17.3 Å². The van der Waals surface area contributed by atoms with Crippen molar-refractivity contribution in [1.29, 1.82) is 0 Å². The Kier molecular flexibility index (Phi) is 19.1. The van der Waals surface area contributed by atoms with Gasteiger partial charge in [-0.25, -0.2) is 0 Å². The van der Waals surface area contributed by atoms with Crippen molar-refractivity contribution in [2.24, 2.45) is 0 Å². The van der Waals surface area contributed by atoms with Gasteiger partial charge in [-0.1, -0.05) is 164 Å². The molecule has 0 bridgehead atoms. The number of hydrogen-bond donors (Lipinski definition) is 0. The predicted octanol–water partition coefficient (Wildman–Crippen LogP) is 10.4. The van der Waals surface area contributed by atoms with Crippen molar-refractivity contribution in [2.75, 3.05) is 0 Å². The van der Waals surface area contributed by atoms with E-state index in [-0.39, 0.29) is 0 Å². The van der Waals surface area contributed by atoms with Gasteiger partial charge in [-0.2, -0.15) is 0 Å². The van der Waals surface area contributed by atoms with Crippen molar-refractivity contribution in [1.82, 2.24) is 0 Å². The quantitative estimate of drug-likeness (QED) is 0.0768. The van der Waals surface area contributed by atoms with Gasteiger partial charge in [0, 0.05) is 0 Å². The number of rotatable bonds is 9. The van der Waals surface area contributed by atoms with Crippen LogP contribution in [-0.4, -0.2) is 0 Å². The molecule has 0 spiro atoms. The number of benzene rings is 9. The molecule has 0 saturated carbocycles. The molecule has 0 aromatic heterocycles. The fourth-order valence-corrected chi connectivity index (χ4v) is 14.7. The first kappa shape index (κ1) is 44.3. The second kappa shape index (κ2) is 25.4. The van der Waals surface area contributed by atoms with Gasteiger partial charge in [0.25, 0.3) is 0 Å². The maximum absolute atomic E-state index is 2.92. The van der Waals surface area contributed by atoms with Crippen LogP contribution in [0.3, 0.4) is 0 Å². The average Bonchev–Trinajstić information content (AvgIpc) is 3.34. The van der Waals surface area contributed by atoms with Gasteiger partial charge in [0.05, 0.1) is 23.8 Å². The van der Waals surface area contributed by atoms with E-state index >= 15 is 0 Å². The van der Waals surface area contributed by atoms with E-state index in [0.29, 0.717) is 0 Å². The smallest absolute Gasteiger partial charge is 0.0620 e. The molecule has 0 amide bonds. The van der Waals surface area contributed by atoms with E-state index in [2.05, 4.69) is 290 Å². The third kappa shape index (κ3) is 13.4. The maximum Gasteiger partial charge on any atom is 0.102 e. The molecule has 0 aliphatic heterocycles. The van der Waals surface area contributed by atoms with Crippen LogP contribution in [0.5, 0.6) is 0 Å². The maximum atomic E-state index is 2.92. The first-order chi connectivity index (χ1) is 29.3. The Labute approximate surface area is 377 Å². The average molecular weight is 1020 g/mol. The van der Waals surface area contributed by atoms with Gasteiger partial charge >= 0.3 is 36.3 Å². The van der Waals surface area contributed by atoms with E-state index in [1.54, 1.807) is 0 Å². The molecule has 0 radical (unpaired) electrons. The molecular weight excluding hydrogens is 976 g/mol. The first-order valence-electron chi connectivity index (χ1n) is 19.6. The van der Waals surface area contributed by atoms with Gasteiger partial charge in [0.2, 0.25) is 0 Å². The minimum absolute atomic E-state index is 0.877. The number of halogens is 1. The standard InChI is InChI=1S/3C18H15P.Ag.HI/c3*1-4-10-16(11-5-1)19(17-12-6-2-7-13-17)18-14-8-3-9-15-18;;/h3*1-15H;;1H/q;;;+1;/p+2. The van der Waals surface area contributed by atoms with Gasteiger partial charge in [-0.3, -0.25) is 0 Å². The summed E-state index contributed by atoms with van der Waals surface area (Å²) in [6.45, 7) is 0. The monoisotopic (exact) mass is 1020 g/mol. The van der Waals surface area contributed by atoms with Crippen molar-refractivity contribution in [3.05, 3.63) is 273 Å². The topological polar surface area (TPSA) is 0 Å². The molecule has 5 heteroatoms. The van der Waals surface area contributed by atoms with Crippen LogP contribution in [0.1, 0.15) is 0 Å². The van der Waals surface area contributed by atoms with Crippen LogP contribution in [0.25, 0.3) is 0 Å². The Balaban J connectivity index is 0.000000146. The van der Waals surface area contributed by atoms with Crippen molar-refractivity contribution in [3.63, 3.8) is 0 Å². The molecule has 0 saturated heterocycles. The van der Waals surface area contributed by atoms with Gasteiger partial charge < -0.3 is 0 Å². The Hall–Kier alpha value is -4.26. The molecule has 0 N–H and O–H groups in total. The summed E-state index contributed by atoms with van der Waals surface area (Å²) in [6.07, 6.45) is 0. The molecule has 0 aliphatic rings. The second-order valence-electron chi connectivity index (χ2n) is 13.4. The molecule has 0 heterocycles. The number of hydrogen-bond acceptors (Lipinski definition) is 0. The molecule has 0 aliphatic carbocycles. The van der Waals surface area contributed by atoms with Gasteiger partial charge in [0.15, 0.2) is 0 Å². The van der Waals surface area contributed by atoms with Crippen molar-refractivity contribution in [3.8, 4) is 0 Å². The minimum atomic E-state index is -0.877. The van der Waals surface area contributed by atoms with E-state index in [4.69, 9.17) is 0 Å². The van der Waals surface area contributed by atoms with Gasteiger partial charge in [0.1, 0.15) is 47.7 Å². The minimum Gasteiger partial charge on any atom is -0.0620 e. The molecule has 59 heavy (non-hydrogen) atoms. The van der Waals surface area contributed by atoms with Crippen LogP contribution in [0.2, 0.25) is 0 Å². The summed E-state index contributed by atoms with van der Waals surface area (Å²) in [4.78, 5) is 0. The van der Waals surface area contributed by atoms with Gasteiger partial charge in [-0.05, 0) is 109 Å². The van der Waals surface area contributed by atoms with Crippen LogP contribution < -0.4 is 47.7 Å². The van der Waals surface area contributed by atoms with Crippen LogP contribution in [0, 0.1) is 0 Å². The molecule has 0 fully saturated rings. The van der Waals surface area contributed by atoms with Crippen molar-refractivity contribution in [2.45, 2.75) is 0 Å². The summed E-state index contributed by atoms with van der Waals surface area (Å²) < 4.78 is 0. The van der Waals surface area contributed by atoms with E-state index in [0.717, 1.165) is 0 Å². The zero-order chi connectivity index (χ0) is 40.7. The van der Waals surface area contributed by atoms with E-state index < -0.39 is 23.8 Å². The third-order valence-electron chi connectivity index (χ3n) is 9.56. The Bertz CT molecular complexity index is 1870. The van der Waals surface area contributed by atoms with E-state index in [1.807, 2.05) is 19.0 Å². The van der Waals surface area contributed by atoms with E-state index in [9.17, 15) is 0 Å². The van der Waals surface area contributed by atoms with Crippen LogP contribution in [0.4, 0.5) is 0 Å². The zero-order valence-electron chi connectivity index (χ0n) is 32.7. The normalized spacial score (nSPS) is 10.3. The first-order valence-corrected chi connectivity index (χ1v) is 28.5. The van der Waals surface area contributed by atoms with Crippen LogP contribution in [0.15, 0.2) is 273 Å². The van der Waals surface area contributed by atoms with E-state index in [1.165, 1.54) is 47.7 Å². The molecule has 9 aromatic carbocycles. The van der Waals surface area contributed by atoms with Crippen LogP contribution >= 0.6 is 42.8 Å². The fourth-order valence-electron chi connectivity index (χ4n) is 6.94. The molecule has 0 nitrogen and oxygen atoms in total. The summed E-state index contributed by atoms with van der Waals surface area (Å²) in [5, 5.41) is 12.9. The molecule has 9 aromatic rings. The fraction of sp³-hybridized carbons (Fsp3) is 0. The molecule has 0 unspecified atom stereocenters. The van der Waals surface area contributed by atoms with Gasteiger partial charge in [-0.15, -0.1) is 0 Å². The van der Waals surface area contributed by atoms with Crippen molar-refractivity contribution >= 4 is 90.5 Å². The summed E-state index contributed by atoms with van der Waals surface area (Å²) in [6, 6.07) is 97.5. The Morgan fingerprint density at radius 1 is 0.169 bits per heavy atom. The summed E-state index contributed by atoms with van der Waals surface area (Å²) in [7, 11) is -2.63. The van der Waals surface area contributed by atoms with Crippen LogP contribution in [-0.2, 0) is 17.3 Å². The second-order valence-corrected chi connectivity index (χ2v) is 20.9. The summed E-state index contributed by atoms with van der Waals surface area (Å²) in [5.74, 6) is 0. The Morgan fingerprint density at radius 3 is 0.339 bits per heavy atom. The Morgan fingerprint density at radius 2 is 0.254 bits per heavy atom. The molecule has 0 atom stereocenters. The summed E-state index contributed by atoms with van der Waals surface area (Å²) in [5.41, 5.74) is 0. The molecule has 9 rings (SSSR count). The molecular formula is C54H48AgIP3+3. The third-order valence-corrected chi connectivity index (χ3v) is 17.8.